The Hall–Kier alpha value is -1.55. The lowest BCUT2D eigenvalue weighted by Gasteiger charge is -2.45. The second-order valence-electron chi connectivity index (χ2n) is 5.37. The van der Waals surface area contributed by atoms with Crippen molar-refractivity contribution >= 4 is 5.71 Å². The third kappa shape index (κ3) is 2.21. The predicted molar refractivity (Wildman–Crippen MR) is 74.0 cm³/mol. The fourth-order valence-electron chi connectivity index (χ4n) is 3.43. The van der Waals surface area contributed by atoms with E-state index in [2.05, 4.69) is 16.1 Å². The molecule has 0 saturated carbocycles. The monoisotopic (exact) mass is 260 g/mol. The molecule has 1 N–H and O–H groups in total. The first kappa shape index (κ1) is 12.5. The van der Waals surface area contributed by atoms with E-state index in [1.807, 2.05) is 18.2 Å². The van der Waals surface area contributed by atoms with Crippen molar-refractivity contribution in [1.82, 2.24) is 4.90 Å². The first-order chi connectivity index (χ1) is 9.33. The molecule has 1 unspecified atom stereocenters. The minimum absolute atomic E-state index is 0.230. The van der Waals surface area contributed by atoms with Gasteiger partial charge < -0.3 is 9.94 Å². The Balaban J connectivity index is 1.85. The molecule has 0 aromatic heterocycles. The molecule has 3 aliphatic heterocycles. The van der Waals surface area contributed by atoms with E-state index < -0.39 is 0 Å². The predicted octanol–water partition coefficient (Wildman–Crippen LogP) is 2.16. The first-order valence-corrected chi connectivity index (χ1v) is 6.91. The topological polar surface area (TPSA) is 45.1 Å². The molecule has 1 atom stereocenters. The minimum Gasteiger partial charge on any atom is -0.496 e. The van der Waals surface area contributed by atoms with Crippen molar-refractivity contribution in [3.05, 3.63) is 29.8 Å². The molecule has 4 rings (SSSR count). The van der Waals surface area contributed by atoms with E-state index in [0.29, 0.717) is 5.92 Å². The molecule has 1 aromatic carbocycles. The summed E-state index contributed by atoms with van der Waals surface area (Å²) in [4.78, 5) is 2.43. The first-order valence-electron chi connectivity index (χ1n) is 6.91. The maximum absolute atomic E-state index is 9.32. The highest BCUT2D eigenvalue weighted by Crippen LogP contribution is 2.33. The van der Waals surface area contributed by atoms with E-state index in [0.717, 1.165) is 43.8 Å². The molecule has 3 fully saturated rings. The lowest BCUT2D eigenvalue weighted by Crippen LogP contribution is -2.56. The van der Waals surface area contributed by atoms with Crippen molar-refractivity contribution < 1.29 is 9.94 Å². The van der Waals surface area contributed by atoms with Gasteiger partial charge in [0.15, 0.2) is 0 Å². The van der Waals surface area contributed by atoms with Crippen LogP contribution in [0.2, 0.25) is 0 Å². The van der Waals surface area contributed by atoms with E-state index in [4.69, 9.17) is 4.74 Å². The fourth-order valence-corrected chi connectivity index (χ4v) is 3.43. The molecule has 3 saturated heterocycles. The van der Waals surface area contributed by atoms with Gasteiger partial charge in [0.05, 0.1) is 18.9 Å². The van der Waals surface area contributed by atoms with Crippen LogP contribution in [0.1, 0.15) is 18.4 Å². The molecule has 4 nitrogen and oxygen atoms in total. The smallest absolute Gasteiger partial charge is 0.122 e. The number of fused-ring (bicyclic) bond motifs is 3. The van der Waals surface area contributed by atoms with Gasteiger partial charge in [-0.25, -0.2) is 0 Å². The summed E-state index contributed by atoms with van der Waals surface area (Å²) in [5, 5.41) is 12.9. The third-order valence-electron chi connectivity index (χ3n) is 4.45. The second-order valence-corrected chi connectivity index (χ2v) is 5.37. The molecule has 19 heavy (non-hydrogen) atoms. The van der Waals surface area contributed by atoms with Crippen LogP contribution in [-0.4, -0.2) is 42.1 Å². The summed E-state index contributed by atoms with van der Waals surface area (Å²) in [5.74, 6) is 1.39. The third-order valence-corrected chi connectivity index (χ3v) is 4.45. The van der Waals surface area contributed by atoms with Gasteiger partial charge in [0.1, 0.15) is 5.75 Å². The SMILES string of the molecule is COc1ccccc1CC1/C(=N\O)C2CCN1CC2. The van der Waals surface area contributed by atoms with Crippen LogP contribution in [0.5, 0.6) is 5.75 Å². The van der Waals surface area contributed by atoms with Gasteiger partial charge in [-0.05, 0) is 44.0 Å². The van der Waals surface area contributed by atoms with Gasteiger partial charge in [0.2, 0.25) is 0 Å². The van der Waals surface area contributed by atoms with Crippen LogP contribution in [0.25, 0.3) is 0 Å². The number of para-hydroxylation sites is 1. The van der Waals surface area contributed by atoms with Crippen molar-refractivity contribution in [1.29, 1.82) is 0 Å². The van der Waals surface area contributed by atoms with Crippen LogP contribution in [0.4, 0.5) is 0 Å². The molecule has 1 aromatic rings. The molecule has 102 valence electrons. The molecule has 2 bridgehead atoms. The standard InChI is InChI=1S/C15H20N2O2/c1-19-14-5-3-2-4-12(14)10-13-15(16-18)11-6-8-17(13)9-7-11/h2-5,11,13,18H,6-10H2,1H3/b16-15-. The highest BCUT2D eigenvalue weighted by molar-refractivity contribution is 5.93. The summed E-state index contributed by atoms with van der Waals surface area (Å²) >= 11 is 0. The zero-order valence-electron chi connectivity index (χ0n) is 11.2. The second kappa shape index (κ2) is 5.21. The zero-order chi connectivity index (χ0) is 13.2. The van der Waals surface area contributed by atoms with Crippen LogP contribution < -0.4 is 4.74 Å². The number of nitrogens with zero attached hydrogens (tertiary/aromatic N) is 2. The number of piperidine rings is 3. The zero-order valence-corrected chi connectivity index (χ0v) is 11.2. The molecule has 3 aliphatic rings. The summed E-state index contributed by atoms with van der Waals surface area (Å²) in [5.41, 5.74) is 2.15. The van der Waals surface area contributed by atoms with Gasteiger partial charge in [0, 0.05) is 5.92 Å². The van der Waals surface area contributed by atoms with E-state index in [9.17, 15) is 5.21 Å². The highest BCUT2D eigenvalue weighted by atomic mass is 16.5. The van der Waals surface area contributed by atoms with E-state index in [1.165, 1.54) is 5.56 Å². The lowest BCUT2D eigenvalue weighted by molar-refractivity contribution is 0.137. The van der Waals surface area contributed by atoms with Crippen LogP contribution >= 0.6 is 0 Å². The molecule has 3 heterocycles. The minimum atomic E-state index is 0.230. The van der Waals surface area contributed by atoms with Gasteiger partial charge in [0.25, 0.3) is 0 Å². The molecule has 0 spiro atoms. The van der Waals surface area contributed by atoms with Crippen LogP contribution in [-0.2, 0) is 6.42 Å². The maximum atomic E-state index is 9.32. The van der Waals surface area contributed by atoms with Gasteiger partial charge in [-0.1, -0.05) is 23.4 Å². The average Bonchev–Trinajstić information content (AvgIpc) is 2.49. The van der Waals surface area contributed by atoms with Gasteiger partial charge >= 0.3 is 0 Å². The quantitative estimate of drug-likeness (QED) is 0.669. The maximum Gasteiger partial charge on any atom is 0.122 e. The van der Waals surface area contributed by atoms with Crippen molar-refractivity contribution in [2.45, 2.75) is 25.3 Å². The average molecular weight is 260 g/mol. The van der Waals surface area contributed by atoms with Gasteiger partial charge in [-0.3, -0.25) is 4.90 Å². The Kier molecular flexibility index (Phi) is 3.42. The van der Waals surface area contributed by atoms with Crippen molar-refractivity contribution in [2.24, 2.45) is 11.1 Å². The van der Waals surface area contributed by atoms with E-state index >= 15 is 0 Å². The molecule has 0 amide bonds. The summed E-state index contributed by atoms with van der Waals surface area (Å²) < 4.78 is 5.41. The summed E-state index contributed by atoms with van der Waals surface area (Å²) in [6, 6.07) is 8.33. The molecular weight excluding hydrogens is 240 g/mol. The normalized spacial score (nSPS) is 31.6. The van der Waals surface area contributed by atoms with E-state index in [-0.39, 0.29) is 6.04 Å². The Morgan fingerprint density at radius 1 is 1.32 bits per heavy atom. The summed E-state index contributed by atoms with van der Waals surface area (Å²) in [6.07, 6.45) is 3.11. The van der Waals surface area contributed by atoms with Gasteiger partial charge in [-0.2, -0.15) is 0 Å². The number of ether oxygens (including phenoxy) is 1. The number of benzene rings is 1. The highest BCUT2D eigenvalue weighted by Gasteiger charge is 2.39. The van der Waals surface area contributed by atoms with Crippen molar-refractivity contribution in [3.8, 4) is 5.75 Å². The fraction of sp³-hybridized carbons (Fsp3) is 0.533. The molecular formula is C15H20N2O2. The van der Waals surface area contributed by atoms with Crippen molar-refractivity contribution in [2.75, 3.05) is 20.2 Å². The number of rotatable bonds is 3. The van der Waals surface area contributed by atoms with Crippen molar-refractivity contribution in [3.63, 3.8) is 0 Å². The largest absolute Gasteiger partial charge is 0.496 e. The molecule has 4 heteroatoms. The van der Waals surface area contributed by atoms with Gasteiger partial charge in [-0.15, -0.1) is 0 Å². The Labute approximate surface area is 113 Å². The summed E-state index contributed by atoms with van der Waals surface area (Å²) in [7, 11) is 1.70. The Morgan fingerprint density at radius 3 is 2.74 bits per heavy atom. The van der Waals surface area contributed by atoms with Crippen LogP contribution in [0.15, 0.2) is 29.4 Å². The molecule has 0 radical (unpaired) electrons. The van der Waals surface area contributed by atoms with E-state index in [1.54, 1.807) is 7.11 Å². The van der Waals surface area contributed by atoms with Crippen LogP contribution in [0, 0.1) is 5.92 Å². The number of hydrogen-bond donors (Lipinski definition) is 1. The summed E-state index contributed by atoms with van der Waals surface area (Å²) in [6.45, 7) is 2.23. The number of oxime groups is 1. The van der Waals surface area contributed by atoms with Crippen LogP contribution in [0.3, 0.4) is 0 Å². The Morgan fingerprint density at radius 2 is 2.05 bits per heavy atom. The molecule has 0 aliphatic carbocycles. The number of hydrogen-bond acceptors (Lipinski definition) is 4. The number of methoxy groups -OCH3 is 1. The lowest BCUT2D eigenvalue weighted by atomic mass is 9.79. The Bertz CT molecular complexity index is 479.